The van der Waals surface area contributed by atoms with E-state index < -0.39 is 12.0 Å². The third-order valence-corrected chi connectivity index (χ3v) is 3.84. The number of aliphatic carboxylic acids is 1. The molecular formula is C14H17BrN2O2. The molecule has 0 aliphatic rings. The summed E-state index contributed by atoms with van der Waals surface area (Å²) in [5, 5.41) is 12.4. The van der Waals surface area contributed by atoms with Crippen LogP contribution in [0, 0.1) is 0 Å². The number of hydrogen-bond acceptors (Lipinski definition) is 2. The van der Waals surface area contributed by atoms with Crippen molar-refractivity contribution in [3.05, 3.63) is 34.4 Å². The minimum atomic E-state index is -1.01. The predicted octanol–water partition coefficient (Wildman–Crippen LogP) is 1.30. The summed E-state index contributed by atoms with van der Waals surface area (Å²) in [7, 11) is 5.60. The van der Waals surface area contributed by atoms with Gasteiger partial charge in [-0.15, -0.1) is 0 Å². The fraction of sp³-hybridized carbons (Fsp3) is 0.357. The molecular weight excluding hydrogens is 308 g/mol. The molecule has 1 aromatic heterocycles. The molecule has 0 saturated heterocycles. The molecule has 19 heavy (non-hydrogen) atoms. The van der Waals surface area contributed by atoms with Gasteiger partial charge in [0.05, 0.1) is 27.1 Å². The standard InChI is InChI=1S/C14H17BrN2O2/c1-17(2,3)13(14(18)19)6-9-8-16-12-7-10(15)4-5-11(9)12/h4-5,7-8,13,16H,6H2,1-3H3/t13-/m0/s1. The number of H-pyrrole nitrogens is 1. The van der Waals surface area contributed by atoms with Gasteiger partial charge < -0.3 is 19.4 Å². The van der Waals surface area contributed by atoms with Gasteiger partial charge in [0.2, 0.25) is 0 Å². The van der Waals surface area contributed by atoms with Crippen LogP contribution in [0.1, 0.15) is 5.56 Å². The highest BCUT2D eigenvalue weighted by Gasteiger charge is 2.26. The summed E-state index contributed by atoms with van der Waals surface area (Å²) in [6.45, 7) is 0. The third kappa shape index (κ3) is 2.98. The van der Waals surface area contributed by atoms with Gasteiger partial charge in [-0.1, -0.05) is 22.0 Å². The molecule has 2 rings (SSSR count). The lowest BCUT2D eigenvalue weighted by Gasteiger charge is -2.34. The van der Waals surface area contributed by atoms with E-state index in [9.17, 15) is 9.90 Å². The van der Waals surface area contributed by atoms with E-state index >= 15 is 0 Å². The number of likely N-dealkylation sites (N-methyl/N-ethyl adjacent to an activating group) is 1. The van der Waals surface area contributed by atoms with Crippen LogP contribution in [0.5, 0.6) is 0 Å². The lowest BCUT2D eigenvalue weighted by Crippen LogP contribution is -2.55. The second-order valence-electron chi connectivity index (χ2n) is 5.66. The SMILES string of the molecule is C[N+](C)(C)[C@@H](Cc1c[nH]c2cc(Br)ccc12)C(=O)[O-]. The number of carboxylic acids is 1. The van der Waals surface area contributed by atoms with Gasteiger partial charge in [-0.05, 0) is 17.7 Å². The number of nitrogens with zero attached hydrogens (tertiary/aromatic N) is 1. The van der Waals surface area contributed by atoms with E-state index in [0.29, 0.717) is 10.9 Å². The minimum absolute atomic E-state index is 0.339. The molecule has 1 atom stereocenters. The van der Waals surface area contributed by atoms with E-state index in [0.717, 1.165) is 20.9 Å². The van der Waals surface area contributed by atoms with Crippen LogP contribution in [0.25, 0.3) is 10.9 Å². The molecule has 102 valence electrons. The van der Waals surface area contributed by atoms with Gasteiger partial charge in [0.1, 0.15) is 6.04 Å². The number of aromatic nitrogens is 1. The summed E-state index contributed by atoms with van der Waals surface area (Å²) in [5.74, 6) is -1.01. The Hall–Kier alpha value is -1.33. The first kappa shape index (κ1) is 14.1. The molecule has 1 heterocycles. The topological polar surface area (TPSA) is 55.9 Å². The average Bonchev–Trinajstić information content (AvgIpc) is 2.66. The van der Waals surface area contributed by atoms with Crippen molar-refractivity contribution in [3.8, 4) is 0 Å². The highest BCUT2D eigenvalue weighted by molar-refractivity contribution is 9.10. The molecule has 0 bridgehead atoms. The fourth-order valence-corrected chi connectivity index (χ4v) is 2.57. The molecule has 1 N–H and O–H groups in total. The number of halogens is 1. The zero-order valence-electron chi connectivity index (χ0n) is 11.2. The molecule has 0 fully saturated rings. The van der Waals surface area contributed by atoms with Crippen LogP contribution in [-0.2, 0) is 11.2 Å². The quantitative estimate of drug-likeness (QED) is 0.862. The maximum Gasteiger partial charge on any atom is 0.133 e. The van der Waals surface area contributed by atoms with Gasteiger partial charge in [0.15, 0.2) is 0 Å². The Kier molecular flexibility index (Phi) is 3.69. The van der Waals surface area contributed by atoms with Crippen molar-refractivity contribution in [2.45, 2.75) is 12.5 Å². The molecule has 0 aliphatic carbocycles. The second-order valence-corrected chi connectivity index (χ2v) is 6.57. The first-order valence-corrected chi connectivity index (χ1v) is 6.86. The van der Waals surface area contributed by atoms with Crippen molar-refractivity contribution in [2.75, 3.05) is 21.1 Å². The summed E-state index contributed by atoms with van der Waals surface area (Å²) in [6.07, 6.45) is 2.33. The summed E-state index contributed by atoms with van der Waals surface area (Å²) >= 11 is 3.42. The molecule has 0 aliphatic heterocycles. The monoisotopic (exact) mass is 324 g/mol. The number of aromatic amines is 1. The highest BCUT2D eigenvalue weighted by Crippen LogP contribution is 2.24. The summed E-state index contributed by atoms with van der Waals surface area (Å²) < 4.78 is 1.34. The van der Waals surface area contributed by atoms with Crippen molar-refractivity contribution in [1.82, 2.24) is 4.98 Å². The number of benzene rings is 1. The minimum Gasteiger partial charge on any atom is -0.544 e. The second kappa shape index (κ2) is 4.98. The Morgan fingerprint density at radius 2 is 2.11 bits per heavy atom. The maximum absolute atomic E-state index is 11.3. The molecule has 2 aromatic rings. The number of carbonyl (C=O) groups is 1. The summed E-state index contributed by atoms with van der Waals surface area (Å²) in [4.78, 5) is 14.5. The largest absolute Gasteiger partial charge is 0.544 e. The van der Waals surface area contributed by atoms with Crippen LogP contribution in [0.15, 0.2) is 28.9 Å². The molecule has 0 radical (unpaired) electrons. The Morgan fingerprint density at radius 1 is 1.42 bits per heavy atom. The summed E-state index contributed by atoms with van der Waals surface area (Å²) in [6, 6.07) is 5.37. The number of quaternary nitrogens is 1. The molecule has 0 unspecified atom stereocenters. The van der Waals surface area contributed by atoms with Crippen LogP contribution in [0.2, 0.25) is 0 Å². The van der Waals surface area contributed by atoms with Gasteiger partial charge >= 0.3 is 0 Å². The number of nitrogens with one attached hydrogen (secondary N) is 1. The van der Waals surface area contributed by atoms with Crippen molar-refractivity contribution in [2.24, 2.45) is 0 Å². The summed E-state index contributed by atoms with van der Waals surface area (Å²) in [5.41, 5.74) is 2.01. The van der Waals surface area contributed by atoms with E-state index in [1.165, 1.54) is 0 Å². The van der Waals surface area contributed by atoms with Gasteiger partial charge in [0.25, 0.3) is 0 Å². The average molecular weight is 325 g/mol. The van der Waals surface area contributed by atoms with E-state index in [1.807, 2.05) is 45.5 Å². The van der Waals surface area contributed by atoms with Crippen molar-refractivity contribution < 1.29 is 14.4 Å². The lowest BCUT2D eigenvalue weighted by molar-refractivity contribution is -0.889. The smallest absolute Gasteiger partial charge is 0.133 e. The van der Waals surface area contributed by atoms with Gasteiger partial charge in [-0.3, -0.25) is 0 Å². The molecule has 4 nitrogen and oxygen atoms in total. The van der Waals surface area contributed by atoms with E-state index in [-0.39, 0.29) is 0 Å². The van der Waals surface area contributed by atoms with E-state index in [1.54, 1.807) is 0 Å². The normalized spacial score (nSPS) is 13.7. The molecule has 0 amide bonds. The molecule has 5 heteroatoms. The number of carboxylic acid groups (broad SMARTS) is 1. The Labute approximate surface area is 120 Å². The van der Waals surface area contributed by atoms with Gasteiger partial charge in [-0.25, -0.2) is 0 Å². The van der Waals surface area contributed by atoms with Crippen LogP contribution in [-0.4, -0.2) is 42.6 Å². The number of carbonyl (C=O) groups excluding carboxylic acids is 1. The molecule has 0 saturated carbocycles. The number of hydrogen-bond donors (Lipinski definition) is 1. The highest BCUT2D eigenvalue weighted by atomic mass is 79.9. The van der Waals surface area contributed by atoms with Crippen LogP contribution in [0.3, 0.4) is 0 Å². The predicted molar refractivity (Wildman–Crippen MR) is 76.5 cm³/mol. The molecule has 1 aromatic carbocycles. The van der Waals surface area contributed by atoms with E-state index in [4.69, 9.17) is 0 Å². The van der Waals surface area contributed by atoms with Crippen LogP contribution in [0.4, 0.5) is 0 Å². The first-order chi connectivity index (χ1) is 8.79. The fourth-order valence-electron chi connectivity index (χ4n) is 2.21. The zero-order valence-corrected chi connectivity index (χ0v) is 12.8. The Bertz CT molecular complexity index is 613. The third-order valence-electron chi connectivity index (χ3n) is 3.35. The van der Waals surface area contributed by atoms with Gasteiger partial charge in [0, 0.05) is 28.0 Å². The number of fused-ring (bicyclic) bond motifs is 1. The van der Waals surface area contributed by atoms with Crippen molar-refractivity contribution >= 4 is 32.8 Å². The van der Waals surface area contributed by atoms with Crippen LogP contribution >= 0.6 is 15.9 Å². The molecule has 0 spiro atoms. The zero-order chi connectivity index (χ0) is 14.2. The van der Waals surface area contributed by atoms with Crippen LogP contribution < -0.4 is 5.11 Å². The Balaban J connectivity index is 2.37. The first-order valence-electron chi connectivity index (χ1n) is 6.06. The number of rotatable bonds is 4. The maximum atomic E-state index is 11.3. The van der Waals surface area contributed by atoms with E-state index in [2.05, 4.69) is 20.9 Å². The van der Waals surface area contributed by atoms with Gasteiger partial charge in [-0.2, -0.15) is 0 Å². The van der Waals surface area contributed by atoms with Crippen molar-refractivity contribution in [1.29, 1.82) is 0 Å². The lowest BCUT2D eigenvalue weighted by atomic mass is 10.0. The van der Waals surface area contributed by atoms with Crippen molar-refractivity contribution in [3.63, 3.8) is 0 Å². The Morgan fingerprint density at radius 3 is 2.68 bits per heavy atom.